The van der Waals surface area contributed by atoms with Gasteiger partial charge in [0.15, 0.2) is 0 Å². The maximum absolute atomic E-state index is 5.87. The summed E-state index contributed by atoms with van der Waals surface area (Å²) in [6.45, 7) is 3.74. The van der Waals surface area contributed by atoms with E-state index in [4.69, 9.17) is 4.42 Å². The Bertz CT molecular complexity index is 730. The summed E-state index contributed by atoms with van der Waals surface area (Å²) in [6, 6.07) is 5.75. The van der Waals surface area contributed by atoms with Crippen LogP contribution < -0.4 is 0 Å². The third kappa shape index (κ3) is 2.24. The van der Waals surface area contributed by atoms with Crippen LogP contribution in [-0.4, -0.2) is 27.1 Å². The van der Waals surface area contributed by atoms with Gasteiger partial charge in [-0.15, -0.1) is 0 Å². The number of aliphatic imine (C=N–C) groups is 1. The number of hydrogen-bond acceptors (Lipinski definition) is 5. The van der Waals surface area contributed by atoms with Gasteiger partial charge in [-0.3, -0.25) is 4.98 Å². The smallest absolute Gasteiger partial charge is 0.245 e. The Morgan fingerprint density at radius 3 is 3.00 bits per heavy atom. The highest BCUT2D eigenvalue weighted by atomic mass is 16.4. The molecule has 5 heteroatoms. The summed E-state index contributed by atoms with van der Waals surface area (Å²) in [4.78, 5) is 15.8. The molecule has 0 saturated heterocycles. The Balaban J connectivity index is 1.60. The molecule has 5 nitrogen and oxygen atoms in total. The summed E-state index contributed by atoms with van der Waals surface area (Å²) in [5, 5.41) is 0. The second kappa shape index (κ2) is 4.84. The van der Waals surface area contributed by atoms with Crippen LogP contribution in [0.3, 0.4) is 0 Å². The molecule has 0 atom stereocenters. The van der Waals surface area contributed by atoms with Crippen molar-refractivity contribution in [3.8, 4) is 11.6 Å². The van der Waals surface area contributed by atoms with Crippen molar-refractivity contribution in [2.75, 3.05) is 6.54 Å². The lowest BCUT2D eigenvalue weighted by molar-refractivity contribution is 0.299. The van der Waals surface area contributed by atoms with E-state index in [1.165, 1.54) is 5.71 Å². The maximum Gasteiger partial charge on any atom is 0.245 e. The minimum Gasteiger partial charge on any atom is -0.439 e. The van der Waals surface area contributed by atoms with E-state index in [1.54, 1.807) is 6.20 Å². The zero-order valence-electron chi connectivity index (χ0n) is 11.9. The predicted molar refractivity (Wildman–Crippen MR) is 79.7 cm³/mol. The van der Waals surface area contributed by atoms with Crippen LogP contribution in [0, 0.1) is 0 Å². The number of hydrogen-bond donors (Lipinski definition) is 0. The molecule has 0 N–H and O–H groups in total. The molecule has 0 unspecified atom stereocenters. The van der Waals surface area contributed by atoms with Crippen LogP contribution in [-0.2, 0) is 13.0 Å². The van der Waals surface area contributed by atoms with Crippen LogP contribution in [0.25, 0.3) is 11.6 Å². The van der Waals surface area contributed by atoms with Crippen molar-refractivity contribution in [1.82, 2.24) is 14.9 Å². The fourth-order valence-corrected chi connectivity index (χ4v) is 2.72. The molecular formula is C16H16N4O. The molecular weight excluding hydrogens is 264 g/mol. The zero-order valence-corrected chi connectivity index (χ0v) is 11.9. The molecule has 4 rings (SSSR count). The van der Waals surface area contributed by atoms with Gasteiger partial charge in [0, 0.05) is 31.3 Å². The zero-order chi connectivity index (χ0) is 14.2. The SMILES string of the molecule is CC1=NC(N2CCc3oc(-c4ccccn4)nc3C2)=CC1. The van der Waals surface area contributed by atoms with Crippen molar-refractivity contribution in [1.29, 1.82) is 0 Å². The number of pyridine rings is 1. The van der Waals surface area contributed by atoms with E-state index in [1.807, 2.05) is 18.2 Å². The van der Waals surface area contributed by atoms with Crippen LogP contribution in [0.4, 0.5) is 0 Å². The summed E-state index contributed by atoms with van der Waals surface area (Å²) in [6.07, 6.45) is 5.75. The van der Waals surface area contributed by atoms with Gasteiger partial charge in [0.1, 0.15) is 23.0 Å². The molecule has 0 bridgehead atoms. The fraction of sp³-hybridized carbons (Fsp3) is 0.312. The Hall–Kier alpha value is -2.43. The van der Waals surface area contributed by atoms with Gasteiger partial charge in [-0.2, -0.15) is 0 Å². The lowest BCUT2D eigenvalue weighted by Crippen LogP contribution is -2.28. The third-order valence-electron chi connectivity index (χ3n) is 3.82. The van der Waals surface area contributed by atoms with Gasteiger partial charge in [0.05, 0.1) is 6.54 Å². The number of allylic oxidation sites excluding steroid dienone is 1. The Morgan fingerprint density at radius 1 is 1.29 bits per heavy atom. The standard InChI is InChI=1S/C16H16N4O/c1-11-5-6-15(18-11)20-9-7-14-13(10-20)19-16(21-14)12-4-2-3-8-17-12/h2-4,6,8H,5,7,9-10H2,1H3. The summed E-state index contributed by atoms with van der Waals surface area (Å²) < 4.78 is 5.87. The van der Waals surface area contributed by atoms with Gasteiger partial charge in [0.25, 0.3) is 0 Å². The second-order valence-corrected chi connectivity index (χ2v) is 5.39. The average molecular weight is 280 g/mol. The number of fused-ring (bicyclic) bond motifs is 1. The fourth-order valence-electron chi connectivity index (χ4n) is 2.72. The van der Waals surface area contributed by atoms with Gasteiger partial charge in [0.2, 0.25) is 5.89 Å². The van der Waals surface area contributed by atoms with Crippen molar-refractivity contribution in [3.63, 3.8) is 0 Å². The molecule has 106 valence electrons. The number of aromatic nitrogens is 2. The normalized spacial score (nSPS) is 17.5. The molecule has 4 heterocycles. The van der Waals surface area contributed by atoms with Crippen LogP contribution in [0.5, 0.6) is 0 Å². The van der Waals surface area contributed by atoms with E-state index in [0.29, 0.717) is 5.89 Å². The number of nitrogens with zero attached hydrogens (tertiary/aromatic N) is 4. The van der Waals surface area contributed by atoms with E-state index in [2.05, 4.69) is 32.9 Å². The highest BCUT2D eigenvalue weighted by molar-refractivity contribution is 5.86. The predicted octanol–water partition coefficient (Wildman–Crippen LogP) is 2.80. The molecule has 2 aliphatic heterocycles. The molecule has 0 aromatic carbocycles. The Kier molecular flexibility index (Phi) is 2.84. The first-order chi connectivity index (χ1) is 10.3. The average Bonchev–Trinajstić information content (AvgIpc) is 3.13. The molecule has 0 amide bonds. The summed E-state index contributed by atoms with van der Waals surface area (Å²) in [7, 11) is 0. The molecule has 0 fully saturated rings. The van der Waals surface area contributed by atoms with Gasteiger partial charge in [-0.05, 0) is 25.1 Å². The molecule has 0 saturated carbocycles. The molecule has 2 aliphatic rings. The second-order valence-electron chi connectivity index (χ2n) is 5.39. The Labute approximate surface area is 123 Å². The van der Waals surface area contributed by atoms with E-state index < -0.39 is 0 Å². The largest absolute Gasteiger partial charge is 0.439 e. The van der Waals surface area contributed by atoms with E-state index >= 15 is 0 Å². The van der Waals surface area contributed by atoms with Crippen molar-refractivity contribution in [2.24, 2.45) is 4.99 Å². The van der Waals surface area contributed by atoms with Gasteiger partial charge in [-0.1, -0.05) is 6.07 Å². The topological polar surface area (TPSA) is 54.5 Å². The monoisotopic (exact) mass is 280 g/mol. The lowest BCUT2D eigenvalue weighted by Gasteiger charge is -2.26. The molecule has 0 radical (unpaired) electrons. The quantitative estimate of drug-likeness (QED) is 0.848. The number of oxazole rings is 1. The van der Waals surface area contributed by atoms with Crippen molar-refractivity contribution >= 4 is 5.71 Å². The molecule has 0 aliphatic carbocycles. The minimum atomic E-state index is 0.613. The van der Waals surface area contributed by atoms with Gasteiger partial charge >= 0.3 is 0 Å². The highest BCUT2D eigenvalue weighted by Crippen LogP contribution is 2.28. The summed E-state index contributed by atoms with van der Waals surface area (Å²) in [5.41, 5.74) is 2.96. The highest BCUT2D eigenvalue weighted by Gasteiger charge is 2.25. The molecule has 2 aromatic rings. The molecule has 21 heavy (non-hydrogen) atoms. The van der Waals surface area contributed by atoms with Crippen LogP contribution in [0.15, 0.2) is 45.7 Å². The molecule has 0 spiro atoms. The van der Waals surface area contributed by atoms with Crippen molar-refractivity contribution < 1.29 is 4.42 Å². The van der Waals surface area contributed by atoms with E-state index in [0.717, 1.165) is 48.9 Å². The Morgan fingerprint density at radius 2 is 2.24 bits per heavy atom. The van der Waals surface area contributed by atoms with Crippen LogP contribution >= 0.6 is 0 Å². The minimum absolute atomic E-state index is 0.613. The summed E-state index contributed by atoms with van der Waals surface area (Å²) in [5.74, 6) is 2.66. The number of rotatable bonds is 2. The van der Waals surface area contributed by atoms with E-state index in [9.17, 15) is 0 Å². The first kappa shape index (κ1) is 12.3. The summed E-state index contributed by atoms with van der Waals surface area (Å²) >= 11 is 0. The van der Waals surface area contributed by atoms with Crippen LogP contribution in [0.1, 0.15) is 24.8 Å². The van der Waals surface area contributed by atoms with Crippen molar-refractivity contribution in [3.05, 3.63) is 47.7 Å². The van der Waals surface area contributed by atoms with Crippen LogP contribution in [0.2, 0.25) is 0 Å². The first-order valence-corrected chi connectivity index (χ1v) is 7.19. The van der Waals surface area contributed by atoms with Gasteiger partial charge in [-0.25, -0.2) is 9.98 Å². The lowest BCUT2D eigenvalue weighted by atomic mass is 10.1. The van der Waals surface area contributed by atoms with E-state index in [-0.39, 0.29) is 0 Å². The third-order valence-corrected chi connectivity index (χ3v) is 3.82. The maximum atomic E-state index is 5.87. The molecule has 2 aromatic heterocycles. The van der Waals surface area contributed by atoms with Gasteiger partial charge < -0.3 is 9.32 Å². The van der Waals surface area contributed by atoms with Crippen molar-refractivity contribution in [2.45, 2.75) is 26.3 Å². The first-order valence-electron chi connectivity index (χ1n) is 7.19.